The average molecular weight is 434 g/mol. The summed E-state index contributed by atoms with van der Waals surface area (Å²) in [6, 6.07) is 12.2. The minimum atomic E-state index is -0.483. The number of benzene rings is 2. The molecule has 4 aromatic rings. The van der Waals surface area contributed by atoms with Crippen molar-refractivity contribution in [3.05, 3.63) is 68.4 Å². The van der Waals surface area contributed by atoms with Gasteiger partial charge in [-0.2, -0.15) is 0 Å². The van der Waals surface area contributed by atoms with Crippen LogP contribution in [-0.2, 0) is 11.3 Å². The van der Waals surface area contributed by atoms with Crippen LogP contribution in [-0.4, -0.2) is 15.5 Å². The van der Waals surface area contributed by atoms with Crippen LogP contribution in [0.1, 0.15) is 6.42 Å². The minimum absolute atomic E-state index is 0.111. The third-order valence-electron chi connectivity index (χ3n) is 4.09. The third kappa shape index (κ3) is 3.82. The molecule has 0 atom stereocenters. The van der Waals surface area contributed by atoms with Crippen LogP contribution in [0.2, 0.25) is 10.0 Å². The highest BCUT2D eigenvalue weighted by Crippen LogP contribution is 2.32. The Balaban J connectivity index is 1.44. The highest BCUT2D eigenvalue weighted by molar-refractivity contribution is 7.14. The number of rotatable bonds is 5. The summed E-state index contributed by atoms with van der Waals surface area (Å²) in [6.07, 6.45) is 0.111. The molecule has 0 aliphatic heterocycles. The summed E-state index contributed by atoms with van der Waals surface area (Å²) in [5.74, 6) is -0.733. The summed E-state index contributed by atoms with van der Waals surface area (Å²) >= 11 is 13.4. The van der Waals surface area contributed by atoms with E-state index >= 15 is 0 Å². The zero-order valence-corrected chi connectivity index (χ0v) is 16.6. The summed E-state index contributed by atoms with van der Waals surface area (Å²) in [6.45, 7) is 0.211. The summed E-state index contributed by atoms with van der Waals surface area (Å²) in [5.41, 5.74) is 2.55. The van der Waals surface area contributed by atoms with Gasteiger partial charge in [0.15, 0.2) is 10.7 Å². The summed E-state index contributed by atoms with van der Waals surface area (Å²) in [5, 5.41) is 6.03. The van der Waals surface area contributed by atoms with Crippen LogP contribution in [0.15, 0.2) is 57.1 Å². The number of hydrogen-bond acceptors (Lipinski definition) is 5. The number of fused-ring (bicyclic) bond motifs is 1. The van der Waals surface area contributed by atoms with Gasteiger partial charge < -0.3 is 9.73 Å². The molecule has 0 saturated heterocycles. The molecule has 1 amide bonds. The molecular formula is C19H13Cl2N3O3S. The largest absolute Gasteiger partial charge is 0.419 e. The topological polar surface area (TPSA) is 77.1 Å². The number of amides is 1. The first-order valence-corrected chi connectivity index (χ1v) is 9.94. The van der Waals surface area contributed by atoms with Crippen molar-refractivity contribution in [3.63, 3.8) is 0 Å². The standard InChI is InChI=1S/C19H13Cl2N3O3S/c20-11-5-6-12(13(21)9-11)14-10-28-18(22-14)23-17(25)7-8-24-15-3-1-2-4-16(15)27-19(24)26/h1-6,9-10H,7-8H2,(H,22,23,25). The molecule has 1 N–H and O–H groups in total. The Kier molecular flexibility index (Phi) is 5.21. The van der Waals surface area contributed by atoms with Crippen molar-refractivity contribution in [2.24, 2.45) is 0 Å². The summed E-state index contributed by atoms with van der Waals surface area (Å²) < 4.78 is 6.61. The van der Waals surface area contributed by atoms with Crippen LogP contribution in [0.5, 0.6) is 0 Å². The summed E-state index contributed by atoms with van der Waals surface area (Å²) in [4.78, 5) is 28.6. The number of aromatic nitrogens is 2. The van der Waals surface area contributed by atoms with Crippen molar-refractivity contribution in [2.75, 3.05) is 5.32 Å². The minimum Gasteiger partial charge on any atom is -0.408 e. The lowest BCUT2D eigenvalue weighted by Crippen LogP contribution is -2.19. The molecular weight excluding hydrogens is 421 g/mol. The Morgan fingerprint density at radius 1 is 1.21 bits per heavy atom. The maximum Gasteiger partial charge on any atom is 0.419 e. The normalized spacial score (nSPS) is 11.1. The molecule has 0 spiro atoms. The van der Waals surface area contributed by atoms with Gasteiger partial charge in [0.25, 0.3) is 0 Å². The van der Waals surface area contributed by atoms with Crippen LogP contribution in [0.3, 0.4) is 0 Å². The quantitative estimate of drug-likeness (QED) is 0.477. The molecule has 0 bridgehead atoms. The molecule has 4 rings (SSSR count). The Morgan fingerprint density at radius 2 is 2.04 bits per heavy atom. The fourth-order valence-corrected chi connectivity index (χ4v) is 4.00. The molecule has 0 unspecified atom stereocenters. The van der Waals surface area contributed by atoms with Crippen LogP contribution in [0.25, 0.3) is 22.4 Å². The SMILES string of the molecule is O=C(CCn1c(=O)oc2ccccc21)Nc1nc(-c2ccc(Cl)cc2Cl)cs1. The molecule has 2 heterocycles. The molecule has 0 radical (unpaired) electrons. The number of halogens is 2. The summed E-state index contributed by atoms with van der Waals surface area (Å²) in [7, 11) is 0. The maximum atomic E-state index is 12.3. The number of nitrogens with one attached hydrogen (secondary N) is 1. The molecule has 6 nitrogen and oxygen atoms in total. The Bertz CT molecular complexity index is 1230. The number of anilines is 1. The van der Waals surface area contributed by atoms with Gasteiger partial charge in [-0.1, -0.05) is 35.3 Å². The number of oxazole rings is 1. The Morgan fingerprint density at radius 3 is 2.86 bits per heavy atom. The van der Waals surface area contributed by atoms with Gasteiger partial charge in [-0.25, -0.2) is 9.78 Å². The smallest absolute Gasteiger partial charge is 0.408 e. The second-order valence-corrected chi connectivity index (χ2v) is 7.65. The first kappa shape index (κ1) is 18.7. The van der Waals surface area contributed by atoms with Crippen molar-refractivity contribution in [1.29, 1.82) is 0 Å². The fourth-order valence-electron chi connectivity index (χ4n) is 2.77. The van der Waals surface area contributed by atoms with E-state index in [0.29, 0.717) is 32.0 Å². The number of aryl methyl sites for hydroxylation is 1. The number of carbonyl (C=O) groups is 1. The monoisotopic (exact) mass is 433 g/mol. The predicted octanol–water partition coefficient (Wildman–Crippen LogP) is 5.05. The highest BCUT2D eigenvalue weighted by atomic mass is 35.5. The van der Waals surface area contributed by atoms with Crippen molar-refractivity contribution in [1.82, 2.24) is 9.55 Å². The van der Waals surface area contributed by atoms with Gasteiger partial charge in [-0.3, -0.25) is 9.36 Å². The zero-order valence-electron chi connectivity index (χ0n) is 14.3. The van der Waals surface area contributed by atoms with E-state index in [1.807, 2.05) is 6.07 Å². The molecule has 2 aromatic heterocycles. The van der Waals surface area contributed by atoms with E-state index in [0.717, 1.165) is 5.56 Å². The molecule has 142 valence electrons. The molecule has 0 aliphatic rings. The van der Waals surface area contributed by atoms with Crippen LogP contribution >= 0.6 is 34.5 Å². The van der Waals surface area contributed by atoms with Crippen LogP contribution in [0.4, 0.5) is 5.13 Å². The number of thiazole rings is 1. The number of carbonyl (C=O) groups excluding carboxylic acids is 1. The highest BCUT2D eigenvalue weighted by Gasteiger charge is 2.13. The van der Waals surface area contributed by atoms with E-state index in [1.54, 1.807) is 41.8 Å². The van der Waals surface area contributed by atoms with E-state index in [-0.39, 0.29) is 18.9 Å². The second kappa shape index (κ2) is 7.79. The number of nitrogens with zero attached hydrogens (tertiary/aromatic N) is 2. The number of hydrogen-bond donors (Lipinski definition) is 1. The van der Waals surface area contributed by atoms with Gasteiger partial charge in [0, 0.05) is 28.9 Å². The van der Waals surface area contributed by atoms with Crippen molar-refractivity contribution < 1.29 is 9.21 Å². The molecule has 0 aliphatic carbocycles. The first-order chi connectivity index (χ1) is 13.5. The zero-order chi connectivity index (χ0) is 19.7. The van der Waals surface area contributed by atoms with Crippen LogP contribution < -0.4 is 11.1 Å². The third-order valence-corrected chi connectivity index (χ3v) is 5.40. The molecule has 0 saturated carbocycles. The van der Waals surface area contributed by atoms with Gasteiger partial charge in [0.1, 0.15) is 0 Å². The number of para-hydroxylation sites is 2. The van der Waals surface area contributed by atoms with E-state index in [2.05, 4.69) is 10.3 Å². The van der Waals surface area contributed by atoms with Crippen molar-refractivity contribution in [2.45, 2.75) is 13.0 Å². The molecule has 2 aromatic carbocycles. The van der Waals surface area contributed by atoms with Crippen LogP contribution in [0, 0.1) is 0 Å². The molecule has 28 heavy (non-hydrogen) atoms. The van der Waals surface area contributed by atoms with E-state index in [9.17, 15) is 9.59 Å². The van der Waals surface area contributed by atoms with E-state index in [4.69, 9.17) is 27.6 Å². The van der Waals surface area contributed by atoms with Crippen molar-refractivity contribution in [3.8, 4) is 11.3 Å². The maximum absolute atomic E-state index is 12.3. The Hall–Kier alpha value is -2.61. The molecule has 0 fully saturated rings. The van der Waals surface area contributed by atoms with Gasteiger partial charge in [0.05, 0.1) is 16.2 Å². The second-order valence-electron chi connectivity index (χ2n) is 5.95. The Labute approximate surface area is 173 Å². The molecule has 9 heteroatoms. The van der Waals surface area contributed by atoms with E-state index in [1.165, 1.54) is 15.9 Å². The van der Waals surface area contributed by atoms with Gasteiger partial charge in [0.2, 0.25) is 5.91 Å². The average Bonchev–Trinajstić information content (AvgIpc) is 3.23. The van der Waals surface area contributed by atoms with Gasteiger partial charge in [-0.05, 0) is 30.3 Å². The van der Waals surface area contributed by atoms with Crippen molar-refractivity contribution >= 4 is 56.7 Å². The lowest BCUT2D eigenvalue weighted by Gasteiger charge is -2.03. The lowest BCUT2D eigenvalue weighted by molar-refractivity contribution is -0.116. The predicted molar refractivity (Wildman–Crippen MR) is 111 cm³/mol. The van der Waals surface area contributed by atoms with E-state index < -0.39 is 5.76 Å². The van der Waals surface area contributed by atoms with Gasteiger partial charge >= 0.3 is 5.76 Å². The lowest BCUT2D eigenvalue weighted by atomic mass is 10.2. The first-order valence-electron chi connectivity index (χ1n) is 8.30. The fraction of sp³-hybridized carbons (Fsp3) is 0.105. The van der Waals surface area contributed by atoms with Gasteiger partial charge in [-0.15, -0.1) is 11.3 Å².